The maximum atomic E-state index is 5.82. The molecule has 0 bridgehead atoms. The Bertz CT molecular complexity index is 537. The number of nitrogens with zero attached hydrogens (tertiary/aromatic N) is 2. The predicted octanol–water partition coefficient (Wildman–Crippen LogP) is 2.39. The van der Waals surface area contributed by atoms with Crippen molar-refractivity contribution in [3.05, 3.63) is 24.3 Å². The third kappa shape index (κ3) is 2.30. The van der Waals surface area contributed by atoms with Gasteiger partial charge < -0.3 is 10.5 Å². The molecule has 17 heavy (non-hydrogen) atoms. The Morgan fingerprint density at radius 2 is 1.88 bits per heavy atom. The quantitative estimate of drug-likeness (QED) is 0.874. The van der Waals surface area contributed by atoms with E-state index in [0.717, 1.165) is 23.4 Å². The van der Waals surface area contributed by atoms with Crippen LogP contribution in [0, 0.1) is 5.92 Å². The molecule has 3 rings (SSSR count). The lowest BCUT2D eigenvalue weighted by Crippen LogP contribution is -2.05. The summed E-state index contributed by atoms with van der Waals surface area (Å²) < 4.78 is 5.60. The van der Waals surface area contributed by atoms with Crippen molar-refractivity contribution in [2.24, 2.45) is 5.92 Å². The van der Waals surface area contributed by atoms with Crippen LogP contribution < -0.4 is 10.5 Å². The Morgan fingerprint density at radius 3 is 2.59 bits per heavy atom. The number of aromatic nitrogens is 2. The first-order chi connectivity index (χ1) is 8.33. The van der Waals surface area contributed by atoms with Gasteiger partial charge in [-0.05, 0) is 24.5 Å². The number of hydrogen-bond donors (Lipinski definition) is 1. The molecule has 0 saturated heterocycles. The van der Waals surface area contributed by atoms with Crippen molar-refractivity contribution in [2.75, 3.05) is 12.3 Å². The molecule has 1 aliphatic carbocycles. The second-order valence-corrected chi connectivity index (χ2v) is 4.48. The molecule has 0 amide bonds. The summed E-state index contributed by atoms with van der Waals surface area (Å²) in [6.07, 6.45) is 3.76. The molecular formula is C13H15N3O. The minimum atomic E-state index is 0.375. The molecule has 2 aromatic rings. The number of fused-ring (bicyclic) bond motifs is 1. The largest absolute Gasteiger partial charge is 0.475 e. The summed E-state index contributed by atoms with van der Waals surface area (Å²) in [7, 11) is 0. The highest BCUT2D eigenvalue weighted by molar-refractivity contribution is 5.76. The van der Waals surface area contributed by atoms with E-state index in [4.69, 9.17) is 10.5 Å². The summed E-state index contributed by atoms with van der Waals surface area (Å²) in [5, 5.41) is 0. The van der Waals surface area contributed by atoms with Crippen molar-refractivity contribution >= 4 is 16.9 Å². The molecule has 4 nitrogen and oxygen atoms in total. The molecule has 0 spiro atoms. The normalized spacial score (nSPS) is 15.1. The number of nitrogens with two attached hydrogens (primary N) is 1. The molecule has 0 unspecified atom stereocenters. The lowest BCUT2D eigenvalue weighted by atomic mass is 10.3. The number of nitrogen functional groups attached to an aromatic ring is 1. The lowest BCUT2D eigenvalue weighted by Gasteiger charge is -2.07. The monoisotopic (exact) mass is 229 g/mol. The molecule has 0 atom stereocenters. The van der Waals surface area contributed by atoms with Crippen molar-refractivity contribution in [2.45, 2.75) is 19.3 Å². The van der Waals surface area contributed by atoms with E-state index < -0.39 is 0 Å². The van der Waals surface area contributed by atoms with E-state index in [1.807, 2.05) is 24.3 Å². The van der Waals surface area contributed by atoms with E-state index in [0.29, 0.717) is 18.3 Å². The van der Waals surface area contributed by atoms with Crippen molar-refractivity contribution in [3.63, 3.8) is 0 Å². The molecule has 1 saturated carbocycles. The van der Waals surface area contributed by atoms with Gasteiger partial charge in [-0.1, -0.05) is 25.0 Å². The van der Waals surface area contributed by atoms with E-state index in [9.17, 15) is 0 Å². The minimum Gasteiger partial charge on any atom is -0.475 e. The summed E-state index contributed by atoms with van der Waals surface area (Å²) in [5.41, 5.74) is 7.45. The molecule has 1 fully saturated rings. The van der Waals surface area contributed by atoms with Crippen LogP contribution in [0.2, 0.25) is 0 Å². The Morgan fingerprint density at radius 1 is 1.18 bits per heavy atom. The SMILES string of the molecule is Nc1nc2ccccc2nc1OCCC1CC1. The van der Waals surface area contributed by atoms with Gasteiger partial charge in [0, 0.05) is 0 Å². The summed E-state index contributed by atoms with van der Waals surface area (Å²) in [6.45, 7) is 0.682. The average molecular weight is 229 g/mol. The lowest BCUT2D eigenvalue weighted by molar-refractivity contribution is 0.293. The van der Waals surface area contributed by atoms with Gasteiger partial charge in [0.25, 0.3) is 5.88 Å². The Hall–Kier alpha value is -1.84. The molecule has 0 aliphatic heterocycles. The number of para-hydroxylation sites is 2. The molecule has 2 N–H and O–H groups in total. The number of benzene rings is 1. The van der Waals surface area contributed by atoms with Crippen molar-refractivity contribution < 1.29 is 4.74 Å². The van der Waals surface area contributed by atoms with Crippen LogP contribution in [0.4, 0.5) is 5.82 Å². The van der Waals surface area contributed by atoms with Crippen molar-refractivity contribution in [1.82, 2.24) is 9.97 Å². The molecule has 1 aromatic heterocycles. The molecule has 4 heteroatoms. The average Bonchev–Trinajstić information content (AvgIpc) is 3.14. The van der Waals surface area contributed by atoms with E-state index in [1.165, 1.54) is 12.8 Å². The van der Waals surface area contributed by atoms with Gasteiger partial charge in [-0.25, -0.2) is 9.97 Å². The van der Waals surface area contributed by atoms with Gasteiger partial charge in [0.15, 0.2) is 5.82 Å². The van der Waals surface area contributed by atoms with Crippen LogP contribution in [0.25, 0.3) is 11.0 Å². The zero-order valence-corrected chi connectivity index (χ0v) is 9.60. The van der Waals surface area contributed by atoms with Crippen LogP contribution in [-0.2, 0) is 0 Å². The Balaban J connectivity index is 1.79. The van der Waals surface area contributed by atoms with Crippen LogP contribution >= 0.6 is 0 Å². The number of ether oxygens (including phenoxy) is 1. The zero-order chi connectivity index (χ0) is 11.7. The van der Waals surface area contributed by atoms with Gasteiger partial charge in [0.05, 0.1) is 17.6 Å². The van der Waals surface area contributed by atoms with E-state index in [2.05, 4.69) is 9.97 Å². The Labute approximate surface area is 99.8 Å². The molecule has 1 aliphatic rings. The number of anilines is 1. The van der Waals surface area contributed by atoms with Gasteiger partial charge in [-0.15, -0.1) is 0 Å². The van der Waals surface area contributed by atoms with Gasteiger partial charge in [0.1, 0.15) is 0 Å². The van der Waals surface area contributed by atoms with Crippen LogP contribution in [0.5, 0.6) is 5.88 Å². The molecule has 88 valence electrons. The summed E-state index contributed by atoms with van der Waals surface area (Å²) in [6, 6.07) is 7.66. The van der Waals surface area contributed by atoms with Crippen molar-refractivity contribution in [1.29, 1.82) is 0 Å². The van der Waals surface area contributed by atoms with Crippen LogP contribution in [0.3, 0.4) is 0 Å². The Kier molecular flexibility index (Phi) is 2.55. The second-order valence-electron chi connectivity index (χ2n) is 4.48. The fourth-order valence-electron chi connectivity index (χ4n) is 1.83. The second kappa shape index (κ2) is 4.20. The van der Waals surface area contributed by atoms with Crippen molar-refractivity contribution in [3.8, 4) is 5.88 Å². The standard InChI is InChI=1S/C13H15N3O/c14-12-13(17-8-7-9-5-6-9)16-11-4-2-1-3-10(11)15-12/h1-4,9H,5-8H2,(H2,14,15). The molecule has 0 radical (unpaired) electrons. The van der Waals surface area contributed by atoms with E-state index in [-0.39, 0.29) is 0 Å². The van der Waals surface area contributed by atoms with Crippen LogP contribution in [-0.4, -0.2) is 16.6 Å². The number of hydrogen-bond acceptors (Lipinski definition) is 4. The highest BCUT2D eigenvalue weighted by Gasteiger charge is 2.21. The topological polar surface area (TPSA) is 61.0 Å². The van der Waals surface area contributed by atoms with Gasteiger partial charge >= 0.3 is 0 Å². The maximum absolute atomic E-state index is 5.82. The fraction of sp³-hybridized carbons (Fsp3) is 0.385. The molecule has 1 aromatic carbocycles. The highest BCUT2D eigenvalue weighted by atomic mass is 16.5. The first kappa shape index (κ1) is 10.3. The van der Waals surface area contributed by atoms with Crippen LogP contribution in [0.15, 0.2) is 24.3 Å². The van der Waals surface area contributed by atoms with Crippen LogP contribution in [0.1, 0.15) is 19.3 Å². The first-order valence-corrected chi connectivity index (χ1v) is 5.98. The zero-order valence-electron chi connectivity index (χ0n) is 9.60. The van der Waals surface area contributed by atoms with Gasteiger partial charge in [-0.3, -0.25) is 0 Å². The van der Waals surface area contributed by atoms with E-state index in [1.54, 1.807) is 0 Å². The summed E-state index contributed by atoms with van der Waals surface area (Å²) in [5.74, 6) is 1.69. The fourth-order valence-corrected chi connectivity index (χ4v) is 1.83. The molecule has 1 heterocycles. The maximum Gasteiger partial charge on any atom is 0.257 e. The highest BCUT2D eigenvalue weighted by Crippen LogP contribution is 2.32. The summed E-state index contributed by atoms with van der Waals surface area (Å²) >= 11 is 0. The van der Waals surface area contributed by atoms with E-state index >= 15 is 0 Å². The third-order valence-corrected chi connectivity index (χ3v) is 3.03. The third-order valence-electron chi connectivity index (χ3n) is 3.03. The molecular weight excluding hydrogens is 214 g/mol. The first-order valence-electron chi connectivity index (χ1n) is 5.98. The number of rotatable bonds is 4. The smallest absolute Gasteiger partial charge is 0.257 e. The minimum absolute atomic E-state index is 0.375. The predicted molar refractivity (Wildman–Crippen MR) is 66.8 cm³/mol. The van der Waals surface area contributed by atoms with Gasteiger partial charge in [-0.2, -0.15) is 0 Å². The summed E-state index contributed by atoms with van der Waals surface area (Å²) in [4.78, 5) is 8.66. The van der Waals surface area contributed by atoms with Gasteiger partial charge in [0.2, 0.25) is 0 Å².